The molecular weight excluding hydrogens is 490 g/mol. The van der Waals surface area contributed by atoms with Gasteiger partial charge in [-0.25, -0.2) is 0 Å². The molecule has 202 valence electrons. The molecule has 0 spiro atoms. The molecule has 1 aliphatic rings. The highest BCUT2D eigenvalue weighted by Gasteiger charge is 2.53. The van der Waals surface area contributed by atoms with Gasteiger partial charge in [0.1, 0.15) is 24.4 Å². The molecule has 39 heavy (non-hydrogen) atoms. The van der Waals surface area contributed by atoms with E-state index in [-0.39, 0.29) is 0 Å². The quantitative estimate of drug-likeness (QED) is 0.234. The van der Waals surface area contributed by atoms with Gasteiger partial charge in [-0.15, -0.1) is 0 Å². The van der Waals surface area contributed by atoms with E-state index in [0.717, 1.165) is 22.3 Å². The van der Waals surface area contributed by atoms with Crippen LogP contribution in [0.3, 0.4) is 0 Å². The topological polar surface area (TPSA) is 69.2 Å². The van der Waals surface area contributed by atoms with E-state index in [0.29, 0.717) is 26.4 Å². The lowest BCUT2D eigenvalue weighted by Crippen LogP contribution is -2.46. The van der Waals surface area contributed by atoms with E-state index in [9.17, 15) is 5.11 Å². The molecule has 2 N–H and O–H groups in total. The molecule has 6 nitrogen and oxygen atoms in total. The molecule has 4 aromatic carbocycles. The van der Waals surface area contributed by atoms with Crippen LogP contribution in [-0.2, 0) is 45.5 Å². The number of hydrogen-bond acceptors (Lipinski definition) is 6. The predicted molar refractivity (Wildman–Crippen MR) is 149 cm³/mol. The molecule has 6 heteroatoms. The molecule has 0 radical (unpaired) electrons. The summed E-state index contributed by atoms with van der Waals surface area (Å²) in [6, 6.07) is 39.2. The van der Waals surface area contributed by atoms with Gasteiger partial charge in [0, 0.05) is 0 Å². The van der Waals surface area contributed by atoms with Gasteiger partial charge in [0.25, 0.3) is 0 Å². The minimum absolute atomic E-state index is 0.344. The molecule has 0 aliphatic heterocycles. The predicted octanol–water partition coefficient (Wildman–Crippen LogP) is 5.21. The smallest absolute Gasteiger partial charge is 0.115 e. The fourth-order valence-electron chi connectivity index (χ4n) is 4.80. The van der Waals surface area contributed by atoms with Gasteiger partial charge < -0.3 is 19.3 Å². The molecular formula is C33H35NO5. The summed E-state index contributed by atoms with van der Waals surface area (Å²) in [5.41, 5.74) is 7.20. The van der Waals surface area contributed by atoms with E-state index in [1.165, 1.54) is 0 Å². The second-order valence-corrected chi connectivity index (χ2v) is 9.69. The Morgan fingerprint density at radius 2 is 0.821 bits per heavy atom. The Hall–Kier alpha value is -3.36. The first kappa shape index (κ1) is 27.2. The molecule has 5 rings (SSSR count). The van der Waals surface area contributed by atoms with Crippen LogP contribution < -0.4 is 5.48 Å². The third-order valence-corrected chi connectivity index (χ3v) is 6.86. The van der Waals surface area contributed by atoms with Crippen molar-refractivity contribution < 1.29 is 24.2 Å². The second kappa shape index (κ2) is 14.1. The minimum Gasteiger partial charge on any atom is -0.388 e. The normalized spacial score (nSPS) is 22.6. The number of aliphatic hydroxyl groups excluding tert-OH is 1. The number of benzene rings is 4. The fraction of sp³-hybridized carbons (Fsp3) is 0.273. The number of hydrogen-bond donors (Lipinski definition) is 2. The van der Waals surface area contributed by atoms with Gasteiger partial charge in [-0.05, 0) is 22.3 Å². The fourth-order valence-corrected chi connectivity index (χ4v) is 4.80. The SMILES string of the molecule is O[C@@H]1[C@@H](NOCc2ccccc2)[C@H](OCc2ccccc2)[C@@H](OCc2ccccc2)[C@@H]1OCc1ccccc1. The van der Waals surface area contributed by atoms with Gasteiger partial charge in [-0.3, -0.25) is 4.84 Å². The molecule has 1 fully saturated rings. The summed E-state index contributed by atoms with van der Waals surface area (Å²) in [6.45, 7) is 1.43. The first-order valence-corrected chi connectivity index (χ1v) is 13.3. The van der Waals surface area contributed by atoms with Crippen molar-refractivity contribution in [3.8, 4) is 0 Å². The number of aliphatic hydroxyl groups is 1. The van der Waals surface area contributed by atoms with Gasteiger partial charge in [-0.1, -0.05) is 121 Å². The zero-order chi connectivity index (χ0) is 26.7. The van der Waals surface area contributed by atoms with Crippen LogP contribution in [0.5, 0.6) is 0 Å². The van der Waals surface area contributed by atoms with Gasteiger partial charge in [0.2, 0.25) is 0 Å². The molecule has 4 aromatic rings. The number of ether oxygens (including phenoxy) is 3. The summed E-state index contributed by atoms with van der Waals surface area (Å²) in [7, 11) is 0. The molecule has 0 aromatic heterocycles. The van der Waals surface area contributed by atoms with E-state index in [1.807, 2.05) is 121 Å². The molecule has 0 bridgehead atoms. The van der Waals surface area contributed by atoms with Crippen LogP contribution in [0.1, 0.15) is 22.3 Å². The highest BCUT2D eigenvalue weighted by atomic mass is 16.7. The Kier molecular flexibility index (Phi) is 9.87. The molecule has 0 heterocycles. The van der Waals surface area contributed by atoms with Gasteiger partial charge in [-0.2, -0.15) is 5.48 Å². The number of nitrogens with one attached hydrogen (secondary N) is 1. The van der Waals surface area contributed by atoms with Gasteiger partial charge >= 0.3 is 0 Å². The van der Waals surface area contributed by atoms with Crippen molar-refractivity contribution in [1.82, 2.24) is 5.48 Å². The lowest BCUT2D eigenvalue weighted by molar-refractivity contribution is -0.135. The summed E-state index contributed by atoms with van der Waals surface area (Å²) in [4.78, 5) is 5.88. The summed E-state index contributed by atoms with van der Waals surface area (Å²) in [5.74, 6) is 0. The van der Waals surface area contributed by atoms with E-state index >= 15 is 0 Å². The van der Waals surface area contributed by atoms with Crippen molar-refractivity contribution in [2.24, 2.45) is 0 Å². The van der Waals surface area contributed by atoms with Crippen molar-refractivity contribution >= 4 is 0 Å². The van der Waals surface area contributed by atoms with E-state index in [2.05, 4.69) is 5.48 Å². The summed E-state index contributed by atoms with van der Waals surface area (Å²) in [5, 5.41) is 11.5. The average Bonchev–Trinajstić information content (AvgIpc) is 3.25. The largest absolute Gasteiger partial charge is 0.388 e. The van der Waals surface area contributed by atoms with Crippen molar-refractivity contribution in [3.05, 3.63) is 144 Å². The van der Waals surface area contributed by atoms with Gasteiger partial charge in [0.05, 0.1) is 32.5 Å². The Morgan fingerprint density at radius 3 is 1.26 bits per heavy atom. The average molecular weight is 526 g/mol. The Morgan fingerprint density at radius 1 is 0.462 bits per heavy atom. The van der Waals surface area contributed by atoms with Crippen molar-refractivity contribution in [2.45, 2.75) is 56.9 Å². The highest BCUT2D eigenvalue weighted by Crippen LogP contribution is 2.32. The van der Waals surface area contributed by atoms with E-state index in [1.54, 1.807) is 0 Å². The molecule has 0 amide bonds. The lowest BCUT2D eigenvalue weighted by Gasteiger charge is -2.27. The maximum Gasteiger partial charge on any atom is 0.115 e. The minimum atomic E-state index is -0.925. The van der Waals surface area contributed by atoms with Crippen molar-refractivity contribution in [2.75, 3.05) is 0 Å². The maximum absolute atomic E-state index is 11.5. The third-order valence-electron chi connectivity index (χ3n) is 6.86. The van der Waals surface area contributed by atoms with Gasteiger partial charge in [0.15, 0.2) is 0 Å². The first-order chi connectivity index (χ1) is 19.3. The van der Waals surface area contributed by atoms with Crippen LogP contribution in [0.25, 0.3) is 0 Å². The third kappa shape index (κ3) is 7.61. The number of rotatable bonds is 13. The number of hydroxylamine groups is 1. The first-order valence-electron chi connectivity index (χ1n) is 13.3. The summed E-state index contributed by atoms with van der Waals surface area (Å²) < 4.78 is 19.2. The zero-order valence-corrected chi connectivity index (χ0v) is 21.8. The Balaban J connectivity index is 1.35. The van der Waals surface area contributed by atoms with Crippen molar-refractivity contribution in [3.63, 3.8) is 0 Å². The van der Waals surface area contributed by atoms with E-state index in [4.69, 9.17) is 19.0 Å². The van der Waals surface area contributed by atoms with Crippen molar-refractivity contribution in [1.29, 1.82) is 0 Å². The standard InChI is InChI=1S/C33H35NO5/c35-30-29(34-39-24-28-19-11-4-12-20-28)31(36-21-25-13-5-1-6-14-25)33(38-23-27-17-9-3-10-18-27)32(30)37-22-26-15-7-2-8-16-26/h1-20,29-35H,21-24H2/t29-,30-,31+,32-,33-/m1/s1. The highest BCUT2D eigenvalue weighted by molar-refractivity contribution is 5.17. The van der Waals surface area contributed by atoms with Crippen LogP contribution in [0.15, 0.2) is 121 Å². The van der Waals surface area contributed by atoms with Crippen LogP contribution in [0.2, 0.25) is 0 Å². The Labute approximate surface area is 230 Å². The summed E-state index contributed by atoms with van der Waals surface area (Å²) in [6.07, 6.45) is -2.62. The van der Waals surface area contributed by atoms with Crippen LogP contribution in [-0.4, -0.2) is 35.6 Å². The van der Waals surface area contributed by atoms with Crippen LogP contribution in [0.4, 0.5) is 0 Å². The lowest BCUT2D eigenvalue weighted by atomic mass is 10.2. The van der Waals surface area contributed by atoms with E-state index < -0.39 is 30.5 Å². The monoisotopic (exact) mass is 525 g/mol. The maximum atomic E-state index is 11.5. The molecule has 0 unspecified atom stereocenters. The molecule has 1 aliphatic carbocycles. The Bertz CT molecular complexity index is 1230. The van der Waals surface area contributed by atoms with Crippen LogP contribution in [0, 0.1) is 0 Å². The second-order valence-electron chi connectivity index (χ2n) is 9.69. The van der Waals surface area contributed by atoms with Crippen LogP contribution >= 0.6 is 0 Å². The molecule has 1 saturated carbocycles. The zero-order valence-electron chi connectivity index (χ0n) is 21.8. The molecule has 0 saturated heterocycles. The molecule has 5 atom stereocenters. The summed E-state index contributed by atoms with van der Waals surface area (Å²) >= 11 is 0.